The minimum Gasteiger partial charge on any atom is -0.364 e. The molecule has 0 aliphatic heterocycles. The number of benzene rings is 1. The Morgan fingerprint density at radius 3 is 2.53 bits per heavy atom. The van der Waals surface area contributed by atoms with Gasteiger partial charge in [0.1, 0.15) is 29.5 Å². The van der Waals surface area contributed by atoms with Crippen LogP contribution in [0.25, 0.3) is 22.9 Å². The second-order valence-electron chi connectivity index (χ2n) is 8.13. The van der Waals surface area contributed by atoms with Crippen molar-refractivity contribution in [2.45, 2.75) is 25.2 Å². The van der Waals surface area contributed by atoms with Crippen molar-refractivity contribution in [3.8, 4) is 22.9 Å². The zero-order valence-electron chi connectivity index (χ0n) is 19.6. The summed E-state index contributed by atoms with van der Waals surface area (Å²) in [5.41, 5.74) is 1.03. The Morgan fingerprint density at radius 2 is 1.87 bits per heavy atom. The number of nitrogens with one attached hydrogen (secondary N) is 2. The number of nitrogens with zero attached hydrogens (tertiary/aromatic N) is 5. The molecule has 202 valence electrons. The van der Waals surface area contributed by atoms with Gasteiger partial charge < -0.3 is 9.84 Å². The molecular formula is C22H20F5N7O3S. The van der Waals surface area contributed by atoms with E-state index in [1.165, 1.54) is 35.2 Å². The second kappa shape index (κ2) is 10.8. The van der Waals surface area contributed by atoms with Crippen molar-refractivity contribution >= 4 is 15.8 Å². The molecular weight excluding hydrogens is 537 g/mol. The van der Waals surface area contributed by atoms with Crippen LogP contribution in [0.3, 0.4) is 0 Å². The van der Waals surface area contributed by atoms with E-state index in [1.54, 1.807) is 12.1 Å². The number of sulfonamides is 1. The lowest BCUT2D eigenvalue weighted by Crippen LogP contribution is -2.40. The maximum Gasteiger partial charge on any atom is 0.408 e. The summed E-state index contributed by atoms with van der Waals surface area (Å²) in [5, 5.41) is 10.2. The number of hydrogen-bond acceptors (Lipinski definition) is 8. The predicted octanol–water partition coefficient (Wildman–Crippen LogP) is 3.60. The molecule has 0 saturated heterocycles. The van der Waals surface area contributed by atoms with E-state index in [-0.39, 0.29) is 18.1 Å². The summed E-state index contributed by atoms with van der Waals surface area (Å²) in [7, 11) is -3.73. The minimum atomic E-state index is -4.85. The molecule has 0 bridgehead atoms. The molecule has 0 aliphatic rings. The first-order chi connectivity index (χ1) is 17.9. The molecule has 1 atom stereocenters. The highest BCUT2D eigenvalue weighted by Gasteiger charge is 2.40. The topological polar surface area (TPSA) is 128 Å². The van der Waals surface area contributed by atoms with Crippen molar-refractivity contribution in [2.24, 2.45) is 0 Å². The van der Waals surface area contributed by atoms with Gasteiger partial charge in [-0.3, -0.25) is 4.68 Å². The molecule has 4 rings (SSSR count). The highest BCUT2D eigenvalue weighted by molar-refractivity contribution is 7.88. The molecule has 0 radical (unpaired) electrons. The average molecular weight is 558 g/mol. The lowest BCUT2D eigenvalue weighted by molar-refractivity contribution is -0.143. The zero-order valence-corrected chi connectivity index (χ0v) is 20.4. The molecule has 0 fully saturated rings. The number of anilines is 1. The molecule has 0 amide bonds. The largest absolute Gasteiger partial charge is 0.408 e. The SMILES string of the molecule is CS(=O)(=O)NCCC(Nc1nc(-c2cc(-c3ccon3)n(Cc3ccccc3F)n2)ncc1F)C(F)(F)F. The molecule has 1 aromatic carbocycles. The van der Waals surface area contributed by atoms with Crippen LogP contribution in [0, 0.1) is 11.6 Å². The van der Waals surface area contributed by atoms with Gasteiger partial charge >= 0.3 is 6.18 Å². The van der Waals surface area contributed by atoms with Crippen LogP contribution < -0.4 is 10.0 Å². The normalized spacial score (nSPS) is 13.0. The third-order valence-corrected chi connectivity index (χ3v) is 5.96. The van der Waals surface area contributed by atoms with Gasteiger partial charge in [-0.1, -0.05) is 23.4 Å². The first-order valence-corrected chi connectivity index (χ1v) is 12.8. The summed E-state index contributed by atoms with van der Waals surface area (Å²) in [5.74, 6) is -2.63. The van der Waals surface area contributed by atoms with Crippen LogP contribution in [0.15, 0.2) is 53.4 Å². The summed E-state index contributed by atoms with van der Waals surface area (Å²) < 4.78 is 100.0. The van der Waals surface area contributed by atoms with Gasteiger partial charge in [-0.25, -0.2) is 31.9 Å². The highest BCUT2D eigenvalue weighted by Crippen LogP contribution is 2.29. The van der Waals surface area contributed by atoms with Crippen LogP contribution >= 0.6 is 0 Å². The van der Waals surface area contributed by atoms with E-state index < -0.39 is 52.7 Å². The third-order valence-electron chi connectivity index (χ3n) is 5.23. The van der Waals surface area contributed by atoms with Crippen molar-refractivity contribution in [1.29, 1.82) is 0 Å². The maximum absolute atomic E-state index is 14.4. The minimum absolute atomic E-state index is 0.0371. The van der Waals surface area contributed by atoms with E-state index in [4.69, 9.17) is 4.52 Å². The summed E-state index contributed by atoms with van der Waals surface area (Å²) in [4.78, 5) is 7.72. The maximum atomic E-state index is 14.4. The Kier molecular flexibility index (Phi) is 7.73. The third kappa shape index (κ3) is 6.69. The Morgan fingerprint density at radius 1 is 1.11 bits per heavy atom. The van der Waals surface area contributed by atoms with Gasteiger partial charge in [-0.2, -0.15) is 18.3 Å². The Hall–Kier alpha value is -3.92. The monoisotopic (exact) mass is 557 g/mol. The molecule has 2 N–H and O–H groups in total. The van der Waals surface area contributed by atoms with E-state index in [9.17, 15) is 30.4 Å². The van der Waals surface area contributed by atoms with Gasteiger partial charge in [-0.05, 0) is 18.6 Å². The van der Waals surface area contributed by atoms with Crippen LogP contribution in [-0.4, -0.2) is 58.3 Å². The summed E-state index contributed by atoms with van der Waals surface area (Å²) in [6.45, 7) is -0.582. The number of hydrogen-bond donors (Lipinski definition) is 2. The second-order valence-corrected chi connectivity index (χ2v) is 9.97. The molecule has 3 aromatic heterocycles. The molecule has 0 aliphatic carbocycles. The van der Waals surface area contributed by atoms with Crippen molar-refractivity contribution in [2.75, 3.05) is 18.1 Å². The molecule has 3 heterocycles. The fraction of sp³-hybridized carbons (Fsp3) is 0.273. The van der Waals surface area contributed by atoms with Crippen molar-refractivity contribution < 1.29 is 34.9 Å². The fourth-order valence-corrected chi connectivity index (χ4v) is 3.94. The lowest BCUT2D eigenvalue weighted by atomic mass is 10.2. The summed E-state index contributed by atoms with van der Waals surface area (Å²) >= 11 is 0. The van der Waals surface area contributed by atoms with E-state index >= 15 is 0 Å². The number of aromatic nitrogens is 5. The van der Waals surface area contributed by atoms with Gasteiger partial charge in [0.25, 0.3) is 0 Å². The van der Waals surface area contributed by atoms with E-state index in [1.807, 2.05) is 10.0 Å². The van der Waals surface area contributed by atoms with E-state index in [2.05, 4.69) is 20.2 Å². The Bertz CT molecular complexity index is 1510. The molecule has 10 nitrogen and oxygen atoms in total. The van der Waals surface area contributed by atoms with Crippen LogP contribution in [0.5, 0.6) is 0 Å². The zero-order chi connectivity index (χ0) is 27.5. The molecule has 0 saturated carbocycles. The standard InChI is InChI=1S/C22H20F5N7O3S/c1-38(35,36)29-8-6-19(22(25,26)27)30-20-15(24)11-28-21(31-20)17-10-18(16-7-9-37-33-16)34(32-17)12-13-4-2-3-5-14(13)23/h2-5,7,9-11,19,29H,6,8,12H2,1H3,(H,28,30,31). The van der Waals surface area contributed by atoms with Crippen molar-refractivity contribution in [1.82, 2.24) is 29.6 Å². The number of alkyl halides is 3. The molecule has 16 heteroatoms. The average Bonchev–Trinajstić information content (AvgIpc) is 3.50. The van der Waals surface area contributed by atoms with E-state index in [0.717, 1.165) is 6.26 Å². The van der Waals surface area contributed by atoms with Crippen molar-refractivity contribution in [3.63, 3.8) is 0 Å². The van der Waals surface area contributed by atoms with Gasteiger partial charge in [-0.15, -0.1) is 0 Å². The van der Waals surface area contributed by atoms with Crippen LogP contribution in [0.2, 0.25) is 0 Å². The molecule has 1 unspecified atom stereocenters. The smallest absolute Gasteiger partial charge is 0.364 e. The van der Waals surface area contributed by atoms with Crippen LogP contribution in [0.1, 0.15) is 12.0 Å². The molecule has 38 heavy (non-hydrogen) atoms. The fourth-order valence-electron chi connectivity index (χ4n) is 3.45. The Balaban J connectivity index is 1.66. The first-order valence-electron chi connectivity index (χ1n) is 10.9. The first kappa shape index (κ1) is 27.1. The Labute approximate surface area is 212 Å². The highest BCUT2D eigenvalue weighted by atomic mass is 32.2. The van der Waals surface area contributed by atoms with E-state index in [0.29, 0.717) is 23.1 Å². The van der Waals surface area contributed by atoms with Crippen molar-refractivity contribution in [3.05, 3.63) is 66.1 Å². The predicted molar refractivity (Wildman–Crippen MR) is 125 cm³/mol. The lowest BCUT2D eigenvalue weighted by Gasteiger charge is -2.22. The van der Waals surface area contributed by atoms with Crippen LogP contribution in [0.4, 0.5) is 27.8 Å². The van der Waals surface area contributed by atoms with Gasteiger partial charge in [0.05, 0.1) is 24.7 Å². The van der Waals surface area contributed by atoms with Crippen LogP contribution in [-0.2, 0) is 16.6 Å². The number of rotatable bonds is 10. The molecule has 4 aromatic rings. The van der Waals surface area contributed by atoms with Gasteiger partial charge in [0.15, 0.2) is 17.5 Å². The van der Waals surface area contributed by atoms with Gasteiger partial charge in [0, 0.05) is 18.2 Å². The molecule has 0 spiro atoms. The summed E-state index contributed by atoms with van der Waals surface area (Å²) in [6, 6.07) is 6.65. The van der Waals surface area contributed by atoms with Gasteiger partial charge in [0.2, 0.25) is 10.0 Å². The number of halogens is 5. The summed E-state index contributed by atoms with van der Waals surface area (Å²) in [6.07, 6.45) is -2.79. The quantitative estimate of drug-likeness (QED) is 0.283.